The molecule has 2 heterocycles. The van der Waals surface area contributed by atoms with Gasteiger partial charge in [-0.05, 0) is 83.4 Å². The van der Waals surface area contributed by atoms with Gasteiger partial charge in [-0.1, -0.05) is 26.0 Å². The van der Waals surface area contributed by atoms with Crippen LogP contribution in [0.15, 0.2) is 47.3 Å². The Hall–Kier alpha value is -5.20. The number of hydrogen-bond donors (Lipinski definition) is 2. The van der Waals surface area contributed by atoms with E-state index >= 15 is 4.39 Å². The zero-order valence-electron chi connectivity index (χ0n) is 30.2. The van der Waals surface area contributed by atoms with E-state index < -0.39 is 34.9 Å². The first-order valence-electron chi connectivity index (χ1n) is 16.8. The predicted molar refractivity (Wildman–Crippen MR) is 192 cm³/mol. The van der Waals surface area contributed by atoms with Gasteiger partial charge in [-0.2, -0.15) is 0 Å². The van der Waals surface area contributed by atoms with E-state index in [-0.39, 0.29) is 59.0 Å². The summed E-state index contributed by atoms with van der Waals surface area (Å²) in [5, 5.41) is 5.80. The Bertz CT molecular complexity index is 1840. The number of rotatable bonds is 9. The topological polar surface area (TPSA) is 133 Å². The van der Waals surface area contributed by atoms with Crippen molar-refractivity contribution in [1.82, 2.24) is 14.4 Å². The third kappa shape index (κ3) is 8.15. The summed E-state index contributed by atoms with van der Waals surface area (Å²) in [6.07, 6.45) is 1.63. The van der Waals surface area contributed by atoms with E-state index in [9.17, 15) is 24.0 Å². The maximum atomic E-state index is 15.1. The zero-order chi connectivity index (χ0) is 37.1. The Morgan fingerprint density at radius 2 is 1.70 bits per heavy atom. The fourth-order valence-corrected chi connectivity index (χ4v) is 5.57. The molecule has 50 heavy (non-hydrogen) atoms. The standard InChI is InChI=1S/C35H41FN6O6.C2H6/c1-20-11-14-27(26(36)15-20)38-30-28(33(46)39(6)24-12-13-24)29(21(2)32(45)40(30)7)42(19-43)25-10-8-9-23(16-25)37-31(44)22-17-41(18-22)34(47)48-35(3,4)5;1-2/h8-11,14-16,19,22,24,38H,12-13,17-18H2,1-7H3,(H,37,44);1-2H3. The number of benzene rings is 2. The first-order valence-corrected chi connectivity index (χ1v) is 16.8. The minimum absolute atomic E-state index is 0.00665. The molecule has 1 saturated carbocycles. The second kappa shape index (κ2) is 15.1. The summed E-state index contributed by atoms with van der Waals surface area (Å²) in [6.45, 7) is 13.0. The number of ether oxygens (including phenoxy) is 1. The Labute approximate surface area is 292 Å². The van der Waals surface area contributed by atoms with E-state index in [0.717, 1.165) is 12.8 Å². The summed E-state index contributed by atoms with van der Waals surface area (Å²) in [5.74, 6) is -1.77. The molecule has 1 aliphatic carbocycles. The van der Waals surface area contributed by atoms with Gasteiger partial charge in [0, 0.05) is 44.5 Å². The van der Waals surface area contributed by atoms with Crippen LogP contribution >= 0.6 is 0 Å². The molecule has 13 heteroatoms. The summed E-state index contributed by atoms with van der Waals surface area (Å²) in [7, 11) is 3.14. The summed E-state index contributed by atoms with van der Waals surface area (Å²) in [6, 6.07) is 11.0. The van der Waals surface area contributed by atoms with Gasteiger partial charge in [-0.3, -0.25) is 28.6 Å². The first-order chi connectivity index (χ1) is 23.6. The van der Waals surface area contributed by atoms with Crippen molar-refractivity contribution in [3.05, 3.63) is 75.3 Å². The van der Waals surface area contributed by atoms with Crippen LogP contribution in [0.4, 0.5) is 37.8 Å². The van der Waals surface area contributed by atoms with E-state index in [1.54, 1.807) is 70.0 Å². The molecule has 0 unspecified atom stereocenters. The molecular formula is C37H47FN6O6. The third-order valence-corrected chi connectivity index (χ3v) is 8.44. The monoisotopic (exact) mass is 690 g/mol. The van der Waals surface area contributed by atoms with Gasteiger partial charge in [0.1, 0.15) is 22.8 Å². The van der Waals surface area contributed by atoms with Gasteiger partial charge in [0.2, 0.25) is 12.3 Å². The van der Waals surface area contributed by atoms with Gasteiger partial charge >= 0.3 is 6.09 Å². The van der Waals surface area contributed by atoms with E-state index in [2.05, 4.69) is 10.6 Å². The van der Waals surface area contributed by atoms with E-state index in [1.165, 1.54) is 40.5 Å². The highest BCUT2D eigenvalue weighted by Crippen LogP contribution is 2.38. The molecule has 2 aromatic carbocycles. The highest BCUT2D eigenvalue weighted by Gasteiger charge is 2.38. The maximum Gasteiger partial charge on any atom is 0.410 e. The number of pyridine rings is 1. The van der Waals surface area contributed by atoms with Crippen molar-refractivity contribution in [1.29, 1.82) is 0 Å². The van der Waals surface area contributed by atoms with Crippen LogP contribution in [-0.4, -0.2) is 70.5 Å². The Balaban J connectivity index is 0.00000276. The van der Waals surface area contributed by atoms with Gasteiger partial charge < -0.3 is 25.2 Å². The number of carbonyl (C=O) groups excluding carboxylic acids is 4. The number of nitrogens with zero attached hydrogens (tertiary/aromatic N) is 4. The second-order valence-corrected chi connectivity index (χ2v) is 13.4. The molecule has 5 rings (SSSR count). The van der Waals surface area contributed by atoms with Crippen molar-refractivity contribution in [3.63, 3.8) is 0 Å². The minimum Gasteiger partial charge on any atom is -0.444 e. The predicted octanol–water partition coefficient (Wildman–Crippen LogP) is 6.25. The number of aryl methyl sites for hydroxylation is 1. The van der Waals surface area contributed by atoms with Crippen LogP contribution in [0.2, 0.25) is 0 Å². The fourth-order valence-electron chi connectivity index (χ4n) is 5.57. The van der Waals surface area contributed by atoms with Crippen LogP contribution in [-0.2, 0) is 21.4 Å². The van der Waals surface area contributed by atoms with Gasteiger partial charge in [-0.15, -0.1) is 0 Å². The molecule has 0 spiro atoms. The van der Waals surface area contributed by atoms with Crippen molar-refractivity contribution in [2.75, 3.05) is 35.7 Å². The Kier molecular flexibility index (Phi) is 11.4. The quantitative estimate of drug-likeness (QED) is 0.254. The summed E-state index contributed by atoms with van der Waals surface area (Å²) in [4.78, 5) is 70.2. The smallest absolute Gasteiger partial charge is 0.410 e. The van der Waals surface area contributed by atoms with Crippen molar-refractivity contribution in [3.8, 4) is 0 Å². The van der Waals surface area contributed by atoms with Crippen LogP contribution in [0.1, 0.15) is 68.9 Å². The van der Waals surface area contributed by atoms with Crippen LogP contribution in [0.5, 0.6) is 0 Å². The molecule has 3 aromatic rings. The molecule has 2 aliphatic rings. The van der Waals surface area contributed by atoms with Crippen LogP contribution < -0.4 is 21.1 Å². The lowest BCUT2D eigenvalue weighted by Crippen LogP contribution is -2.55. The number of aromatic nitrogens is 1. The van der Waals surface area contributed by atoms with Crippen molar-refractivity contribution < 1.29 is 28.3 Å². The van der Waals surface area contributed by atoms with Crippen LogP contribution in [0, 0.1) is 25.6 Å². The van der Waals surface area contributed by atoms with E-state index in [1.807, 2.05) is 13.8 Å². The number of carbonyl (C=O) groups is 4. The molecule has 0 bridgehead atoms. The van der Waals surface area contributed by atoms with Crippen LogP contribution in [0.25, 0.3) is 0 Å². The number of hydrogen-bond acceptors (Lipinski definition) is 7. The first kappa shape index (κ1) is 37.6. The highest BCUT2D eigenvalue weighted by atomic mass is 19.1. The summed E-state index contributed by atoms with van der Waals surface area (Å²) in [5.41, 5.74) is 0.416. The third-order valence-electron chi connectivity index (χ3n) is 8.44. The zero-order valence-corrected chi connectivity index (χ0v) is 30.2. The second-order valence-electron chi connectivity index (χ2n) is 13.4. The van der Waals surface area contributed by atoms with E-state index in [0.29, 0.717) is 17.7 Å². The lowest BCUT2D eigenvalue weighted by Gasteiger charge is -2.38. The molecule has 1 aromatic heterocycles. The molecule has 0 radical (unpaired) electrons. The molecule has 2 fully saturated rings. The number of anilines is 5. The average molecular weight is 691 g/mol. The molecule has 2 N–H and O–H groups in total. The van der Waals surface area contributed by atoms with Crippen molar-refractivity contribution in [2.24, 2.45) is 13.0 Å². The molecule has 4 amide bonds. The SMILES string of the molecule is CC.Cc1ccc(Nc2c(C(=O)N(C)C3CC3)c(N(C=O)c3cccc(NC(=O)C4CN(C(=O)OC(C)(C)C)C4)c3)c(C)c(=O)n2C)c(F)c1. The lowest BCUT2D eigenvalue weighted by molar-refractivity contribution is -0.124. The van der Waals surface area contributed by atoms with Gasteiger partial charge in [0.25, 0.3) is 11.5 Å². The number of likely N-dealkylation sites (tertiary alicyclic amines) is 1. The van der Waals surface area contributed by atoms with Crippen LogP contribution in [0.3, 0.4) is 0 Å². The molecule has 1 saturated heterocycles. The molecule has 0 atom stereocenters. The maximum absolute atomic E-state index is 15.1. The Morgan fingerprint density at radius 3 is 2.28 bits per heavy atom. The largest absolute Gasteiger partial charge is 0.444 e. The van der Waals surface area contributed by atoms with Gasteiger partial charge in [0.05, 0.1) is 23.0 Å². The molecular weight excluding hydrogens is 643 g/mol. The van der Waals surface area contributed by atoms with Crippen molar-refractivity contribution in [2.45, 2.75) is 73.0 Å². The normalized spacial score (nSPS) is 14.1. The van der Waals surface area contributed by atoms with Gasteiger partial charge in [-0.25, -0.2) is 9.18 Å². The van der Waals surface area contributed by atoms with Crippen molar-refractivity contribution >= 4 is 52.9 Å². The highest BCUT2D eigenvalue weighted by molar-refractivity contribution is 6.09. The van der Waals surface area contributed by atoms with E-state index in [4.69, 9.17) is 4.74 Å². The van der Waals surface area contributed by atoms with Gasteiger partial charge in [0.15, 0.2) is 0 Å². The number of nitrogens with one attached hydrogen (secondary N) is 2. The minimum atomic E-state index is -0.651. The lowest BCUT2D eigenvalue weighted by atomic mass is 9.99. The molecule has 12 nitrogen and oxygen atoms in total. The summed E-state index contributed by atoms with van der Waals surface area (Å²) < 4.78 is 21.7. The fraction of sp³-hybridized carbons (Fsp3) is 0.432. The molecule has 1 aliphatic heterocycles. The average Bonchev–Trinajstić information content (AvgIpc) is 3.88. The Morgan fingerprint density at radius 1 is 1.04 bits per heavy atom. The number of amides is 4. The summed E-state index contributed by atoms with van der Waals surface area (Å²) >= 11 is 0. The number of halogens is 1. The molecule has 268 valence electrons.